The van der Waals surface area contributed by atoms with E-state index in [1.165, 1.54) is 4.90 Å². The van der Waals surface area contributed by atoms with Gasteiger partial charge in [-0.15, -0.1) is 0 Å². The number of aliphatic hydroxyl groups is 1. The van der Waals surface area contributed by atoms with E-state index in [-0.39, 0.29) is 17.9 Å². The average molecular weight is 593 g/mol. The number of carbonyl (C=O) groups is 5. The molecule has 2 saturated carbocycles. The van der Waals surface area contributed by atoms with Gasteiger partial charge < -0.3 is 36.6 Å². The summed E-state index contributed by atoms with van der Waals surface area (Å²) in [6.07, 6.45) is 7.27. The standard InChI is InChI=1S/C30H52N6O6/c1-6-11-20(23(37)27(40)32-19-15-16-19)33-29(42)36-17-10-14-21(36)25(38)35-24(30(2,3)4)28(41)34-22(26(39)31-5)18-12-8-7-9-13-18/h18-24,37H,6-17H2,1-5H3,(H,31,39)(H,32,40)(H,33,42)(H,34,41)(H,35,38)/t20-,21-,22-,23?,24+/m0/s1. The first-order valence-electron chi connectivity index (χ1n) is 15.7. The summed E-state index contributed by atoms with van der Waals surface area (Å²) in [7, 11) is 1.55. The van der Waals surface area contributed by atoms with Crippen LogP contribution in [0.25, 0.3) is 0 Å². The summed E-state index contributed by atoms with van der Waals surface area (Å²) in [5, 5.41) is 24.7. The van der Waals surface area contributed by atoms with Gasteiger partial charge in [-0.3, -0.25) is 19.2 Å². The molecule has 1 heterocycles. The van der Waals surface area contributed by atoms with Gasteiger partial charge in [0.05, 0.1) is 6.04 Å². The molecule has 238 valence electrons. The molecule has 1 aliphatic heterocycles. The monoisotopic (exact) mass is 592 g/mol. The number of nitrogens with zero attached hydrogens (tertiary/aromatic N) is 1. The maximum atomic E-state index is 13.6. The van der Waals surface area contributed by atoms with Gasteiger partial charge in [0.25, 0.3) is 5.91 Å². The number of hydrogen-bond donors (Lipinski definition) is 6. The number of hydrogen-bond acceptors (Lipinski definition) is 6. The second kappa shape index (κ2) is 15.0. The molecular formula is C30H52N6O6. The number of amides is 6. The number of likely N-dealkylation sites (tertiary alicyclic amines) is 1. The highest BCUT2D eigenvalue weighted by atomic mass is 16.3. The lowest BCUT2D eigenvalue weighted by Crippen LogP contribution is -2.62. The van der Waals surface area contributed by atoms with Crippen LogP contribution in [-0.2, 0) is 19.2 Å². The van der Waals surface area contributed by atoms with Crippen LogP contribution < -0.4 is 26.6 Å². The Morgan fingerprint density at radius 2 is 1.52 bits per heavy atom. The molecule has 0 aromatic carbocycles. The van der Waals surface area contributed by atoms with Crippen LogP contribution in [0.3, 0.4) is 0 Å². The molecular weight excluding hydrogens is 540 g/mol. The summed E-state index contributed by atoms with van der Waals surface area (Å²) in [6, 6.07) is -3.67. The van der Waals surface area contributed by atoms with E-state index in [4.69, 9.17) is 0 Å². The van der Waals surface area contributed by atoms with Gasteiger partial charge in [-0.05, 0) is 56.3 Å². The molecule has 3 aliphatic rings. The fourth-order valence-electron chi connectivity index (χ4n) is 6.01. The molecule has 3 fully saturated rings. The largest absolute Gasteiger partial charge is 0.381 e. The van der Waals surface area contributed by atoms with Crippen LogP contribution in [0, 0.1) is 11.3 Å². The van der Waals surface area contributed by atoms with Crippen LogP contribution in [0.2, 0.25) is 0 Å². The number of rotatable bonds is 12. The van der Waals surface area contributed by atoms with Crippen molar-refractivity contribution in [1.82, 2.24) is 31.5 Å². The molecule has 1 unspecified atom stereocenters. The van der Waals surface area contributed by atoms with Gasteiger partial charge in [0, 0.05) is 19.6 Å². The van der Waals surface area contributed by atoms with Crippen molar-refractivity contribution in [3.8, 4) is 0 Å². The Kier molecular flexibility index (Phi) is 12.0. The Labute approximate surface area is 249 Å². The number of urea groups is 1. The van der Waals surface area contributed by atoms with E-state index in [9.17, 15) is 29.1 Å². The Morgan fingerprint density at radius 3 is 2.10 bits per heavy atom. The van der Waals surface area contributed by atoms with Crippen molar-refractivity contribution >= 4 is 29.7 Å². The van der Waals surface area contributed by atoms with Crippen molar-refractivity contribution in [1.29, 1.82) is 0 Å². The number of aliphatic hydroxyl groups excluding tert-OH is 1. The van der Waals surface area contributed by atoms with Crippen LogP contribution in [0.15, 0.2) is 0 Å². The van der Waals surface area contributed by atoms with Crippen molar-refractivity contribution in [2.24, 2.45) is 11.3 Å². The van der Waals surface area contributed by atoms with E-state index >= 15 is 0 Å². The SMILES string of the molecule is CCC[C@H](NC(=O)N1CCC[C@H]1C(=O)N[C@H](C(=O)N[C@H](C(=O)NC)C1CCCCC1)C(C)(C)C)C(O)C(=O)NC1CC1. The first-order valence-corrected chi connectivity index (χ1v) is 15.7. The molecule has 0 aromatic heterocycles. The van der Waals surface area contributed by atoms with Crippen molar-refractivity contribution in [3.63, 3.8) is 0 Å². The van der Waals surface area contributed by atoms with Crippen molar-refractivity contribution in [3.05, 3.63) is 0 Å². The fraction of sp³-hybridized carbons (Fsp3) is 0.833. The quantitative estimate of drug-likeness (QED) is 0.200. The second-order valence-electron chi connectivity index (χ2n) is 13.2. The van der Waals surface area contributed by atoms with Crippen molar-refractivity contribution in [2.45, 2.75) is 135 Å². The normalized spacial score (nSPS) is 22.3. The summed E-state index contributed by atoms with van der Waals surface area (Å²) in [6.45, 7) is 7.76. The lowest BCUT2D eigenvalue weighted by Gasteiger charge is -2.36. The first-order chi connectivity index (χ1) is 19.9. The molecule has 0 aromatic rings. The minimum absolute atomic E-state index is 0.0331. The summed E-state index contributed by atoms with van der Waals surface area (Å²) in [4.78, 5) is 67.1. The second-order valence-corrected chi connectivity index (χ2v) is 13.2. The third-order valence-electron chi connectivity index (χ3n) is 8.66. The lowest BCUT2D eigenvalue weighted by molar-refractivity contribution is -0.136. The summed E-state index contributed by atoms with van der Waals surface area (Å²) in [5.74, 6) is -1.61. The van der Waals surface area contributed by atoms with Crippen LogP contribution in [0.1, 0.15) is 98.3 Å². The predicted octanol–water partition coefficient (Wildman–Crippen LogP) is 1.31. The maximum absolute atomic E-state index is 13.6. The van der Waals surface area contributed by atoms with Crippen LogP contribution in [0.4, 0.5) is 4.79 Å². The highest BCUT2D eigenvalue weighted by molar-refractivity contribution is 5.95. The van der Waals surface area contributed by atoms with Gasteiger partial charge in [-0.25, -0.2) is 4.79 Å². The summed E-state index contributed by atoms with van der Waals surface area (Å²) in [5.41, 5.74) is -0.670. The van der Waals surface area contributed by atoms with Crippen molar-refractivity contribution in [2.75, 3.05) is 13.6 Å². The van der Waals surface area contributed by atoms with Crippen molar-refractivity contribution < 1.29 is 29.1 Å². The van der Waals surface area contributed by atoms with E-state index in [1.54, 1.807) is 7.05 Å². The minimum atomic E-state index is -1.39. The van der Waals surface area contributed by atoms with E-state index in [0.29, 0.717) is 32.2 Å². The fourth-order valence-corrected chi connectivity index (χ4v) is 6.01. The minimum Gasteiger partial charge on any atom is -0.381 e. The Bertz CT molecular complexity index is 974. The molecule has 0 spiro atoms. The highest BCUT2D eigenvalue weighted by Crippen LogP contribution is 2.28. The zero-order valence-corrected chi connectivity index (χ0v) is 26.0. The average Bonchev–Trinajstić information content (AvgIpc) is 3.63. The van der Waals surface area contributed by atoms with Gasteiger partial charge >= 0.3 is 6.03 Å². The Hall–Kier alpha value is -2.89. The lowest BCUT2D eigenvalue weighted by atomic mass is 9.82. The molecule has 12 heteroatoms. The third kappa shape index (κ3) is 9.05. The Balaban J connectivity index is 1.68. The van der Waals surface area contributed by atoms with Gasteiger partial charge in [0.15, 0.2) is 6.10 Å². The van der Waals surface area contributed by atoms with Crippen LogP contribution in [0.5, 0.6) is 0 Å². The number of likely N-dealkylation sites (N-methyl/N-ethyl adjacent to an activating group) is 1. The molecule has 5 atom stereocenters. The molecule has 6 amide bonds. The molecule has 6 N–H and O–H groups in total. The molecule has 1 saturated heterocycles. The molecule has 42 heavy (non-hydrogen) atoms. The molecule has 0 bridgehead atoms. The third-order valence-corrected chi connectivity index (χ3v) is 8.66. The molecule has 12 nitrogen and oxygen atoms in total. The summed E-state index contributed by atoms with van der Waals surface area (Å²) < 4.78 is 0. The van der Waals surface area contributed by atoms with E-state index in [1.807, 2.05) is 27.7 Å². The van der Waals surface area contributed by atoms with Gasteiger partial charge in [0.1, 0.15) is 18.1 Å². The maximum Gasteiger partial charge on any atom is 0.318 e. The first kappa shape index (κ1) is 33.6. The van der Waals surface area contributed by atoms with Crippen LogP contribution in [-0.4, -0.2) is 89.6 Å². The highest BCUT2D eigenvalue weighted by Gasteiger charge is 2.42. The van der Waals surface area contributed by atoms with E-state index in [0.717, 1.165) is 44.9 Å². The smallest absolute Gasteiger partial charge is 0.318 e. The zero-order valence-electron chi connectivity index (χ0n) is 26.0. The number of carbonyl (C=O) groups excluding carboxylic acids is 5. The summed E-state index contributed by atoms with van der Waals surface area (Å²) >= 11 is 0. The Morgan fingerprint density at radius 1 is 0.857 bits per heavy atom. The van der Waals surface area contributed by atoms with Gasteiger partial charge in [0.2, 0.25) is 17.7 Å². The molecule has 0 radical (unpaired) electrons. The topological polar surface area (TPSA) is 169 Å². The van der Waals surface area contributed by atoms with Gasteiger partial charge in [-0.1, -0.05) is 53.4 Å². The van der Waals surface area contributed by atoms with E-state index < -0.39 is 59.4 Å². The molecule has 3 rings (SSSR count). The van der Waals surface area contributed by atoms with Crippen LogP contribution >= 0.6 is 0 Å². The predicted molar refractivity (Wildman–Crippen MR) is 158 cm³/mol. The van der Waals surface area contributed by atoms with Gasteiger partial charge in [-0.2, -0.15) is 0 Å². The number of nitrogens with one attached hydrogen (secondary N) is 5. The van der Waals surface area contributed by atoms with E-state index in [2.05, 4.69) is 26.6 Å². The zero-order chi connectivity index (χ0) is 31.0. The molecule has 2 aliphatic carbocycles.